The van der Waals surface area contributed by atoms with E-state index in [1.165, 1.54) is 12.3 Å². The van der Waals surface area contributed by atoms with Crippen molar-refractivity contribution in [2.45, 2.75) is 0 Å². The van der Waals surface area contributed by atoms with Gasteiger partial charge in [-0.05, 0) is 18.2 Å². The molecule has 3 N–H and O–H groups in total. The number of hydrogen-bond acceptors (Lipinski definition) is 4. The molecule has 1 aromatic heterocycles. The third-order valence-electron chi connectivity index (χ3n) is 2.76. The zero-order valence-corrected chi connectivity index (χ0v) is 12.0. The number of halogens is 1. The van der Waals surface area contributed by atoms with Crippen molar-refractivity contribution in [2.75, 3.05) is 30.0 Å². The van der Waals surface area contributed by atoms with Crippen LogP contribution in [0.2, 0.25) is 5.02 Å². The average molecular weight is 291 g/mol. The van der Waals surface area contributed by atoms with E-state index < -0.39 is 0 Å². The molecule has 0 bridgehead atoms. The molecular formula is C14H15ClN4O. The lowest BCUT2D eigenvalue weighted by molar-refractivity contribution is 0.102. The van der Waals surface area contributed by atoms with Gasteiger partial charge in [0.2, 0.25) is 0 Å². The van der Waals surface area contributed by atoms with E-state index in [0.29, 0.717) is 11.3 Å². The average Bonchev–Trinajstić information content (AvgIpc) is 2.41. The Morgan fingerprint density at radius 3 is 2.75 bits per heavy atom. The first-order chi connectivity index (χ1) is 9.49. The Bertz CT molecular complexity index is 643. The van der Waals surface area contributed by atoms with Gasteiger partial charge in [-0.1, -0.05) is 23.7 Å². The van der Waals surface area contributed by atoms with Gasteiger partial charge in [-0.25, -0.2) is 4.98 Å². The second-order valence-electron chi connectivity index (χ2n) is 4.45. The first-order valence-electron chi connectivity index (χ1n) is 5.97. The zero-order chi connectivity index (χ0) is 14.7. The van der Waals surface area contributed by atoms with Crippen LogP contribution in [0.5, 0.6) is 0 Å². The van der Waals surface area contributed by atoms with E-state index in [-0.39, 0.29) is 16.7 Å². The lowest BCUT2D eigenvalue weighted by atomic mass is 10.2. The highest BCUT2D eigenvalue weighted by Crippen LogP contribution is 2.25. The summed E-state index contributed by atoms with van der Waals surface area (Å²) in [6.45, 7) is 0. The monoisotopic (exact) mass is 290 g/mol. The van der Waals surface area contributed by atoms with Crippen molar-refractivity contribution < 1.29 is 4.79 Å². The number of nitrogens with two attached hydrogens (primary N) is 1. The molecule has 1 amide bonds. The van der Waals surface area contributed by atoms with Gasteiger partial charge in [-0.2, -0.15) is 0 Å². The van der Waals surface area contributed by atoms with E-state index >= 15 is 0 Å². The van der Waals surface area contributed by atoms with E-state index in [1.807, 2.05) is 43.3 Å². The normalized spacial score (nSPS) is 10.2. The molecule has 2 aromatic rings. The van der Waals surface area contributed by atoms with Gasteiger partial charge in [0.25, 0.3) is 5.91 Å². The molecule has 0 aliphatic heterocycles. The van der Waals surface area contributed by atoms with Crippen molar-refractivity contribution in [2.24, 2.45) is 0 Å². The third-order valence-corrected chi connectivity index (χ3v) is 3.06. The molecule has 1 aromatic carbocycles. The van der Waals surface area contributed by atoms with Crippen molar-refractivity contribution in [1.82, 2.24) is 4.98 Å². The van der Waals surface area contributed by atoms with Crippen molar-refractivity contribution >= 4 is 34.7 Å². The molecule has 0 unspecified atom stereocenters. The standard InChI is InChI=1S/C14H15ClN4O/c1-19(2)12-6-4-3-5-11(12)18-14(20)9-7-13(16)17-8-10(9)15/h3-8H,1-2H3,(H2,16,17)(H,18,20). The molecule has 0 radical (unpaired) electrons. The molecule has 104 valence electrons. The summed E-state index contributed by atoms with van der Waals surface area (Å²) in [5.41, 5.74) is 7.48. The van der Waals surface area contributed by atoms with Crippen LogP contribution in [-0.2, 0) is 0 Å². The molecule has 0 saturated heterocycles. The van der Waals surface area contributed by atoms with Gasteiger partial charge < -0.3 is 16.0 Å². The van der Waals surface area contributed by atoms with Crippen molar-refractivity contribution in [3.05, 3.63) is 47.1 Å². The molecule has 2 rings (SSSR count). The number of amides is 1. The number of carbonyl (C=O) groups excluding carboxylic acids is 1. The minimum Gasteiger partial charge on any atom is -0.384 e. The number of nitrogens with one attached hydrogen (secondary N) is 1. The summed E-state index contributed by atoms with van der Waals surface area (Å²) in [5, 5.41) is 3.09. The smallest absolute Gasteiger partial charge is 0.257 e. The molecule has 0 aliphatic carbocycles. The summed E-state index contributed by atoms with van der Waals surface area (Å²) in [5.74, 6) is -0.0705. The van der Waals surface area contributed by atoms with Crippen LogP contribution in [0.3, 0.4) is 0 Å². The third kappa shape index (κ3) is 3.00. The first-order valence-corrected chi connectivity index (χ1v) is 6.35. The van der Waals surface area contributed by atoms with Gasteiger partial charge in [-0.15, -0.1) is 0 Å². The summed E-state index contributed by atoms with van der Waals surface area (Å²) >= 11 is 5.97. The first kappa shape index (κ1) is 14.1. The molecule has 0 aliphatic rings. The summed E-state index contributed by atoms with van der Waals surface area (Å²) in [7, 11) is 3.81. The Kier molecular flexibility index (Phi) is 4.10. The summed E-state index contributed by atoms with van der Waals surface area (Å²) in [6, 6.07) is 8.95. The minimum atomic E-state index is -0.321. The fraction of sp³-hybridized carbons (Fsp3) is 0.143. The van der Waals surface area contributed by atoms with Crippen molar-refractivity contribution in [1.29, 1.82) is 0 Å². The molecule has 0 spiro atoms. The van der Waals surface area contributed by atoms with E-state index in [4.69, 9.17) is 17.3 Å². The quantitative estimate of drug-likeness (QED) is 0.911. The van der Waals surface area contributed by atoms with Gasteiger partial charge in [-0.3, -0.25) is 4.79 Å². The molecular weight excluding hydrogens is 276 g/mol. The molecule has 20 heavy (non-hydrogen) atoms. The van der Waals surface area contributed by atoms with E-state index in [9.17, 15) is 4.79 Å². The highest BCUT2D eigenvalue weighted by molar-refractivity contribution is 6.34. The maximum atomic E-state index is 12.3. The number of benzene rings is 1. The fourth-order valence-electron chi connectivity index (χ4n) is 1.79. The lowest BCUT2D eigenvalue weighted by Crippen LogP contribution is -2.17. The maximum Gasteiger partial charge on any atom is 0.257 e. The number of anilines is 3. The largest absolute Gasteiger partial charge is 0.384 e. The fourth-order valence-corrected chi connectivity index (χ4v) is 1.98. The molecule has 5 nitrogen and oxygen atoms in total. The van der Waals surface area contributed by atoms with Crippen LogP contribution in [0.1, 0.15) is 10.4 Å². The predicted molar refractivity (Wildman–Crippen MR) is 82.4 cm³/mol. The van der Waals surface area contributed by atoms with Crippen LogP contribution in [0.25, 0.3) is 0 Å². The van der Waals surface area contributed by atoms with Gasteiger partial charge in [0.05, 0.1) is 22.0 Å². The highest BCUT2D eigenvalue weighted by atomic mass is 35.5. The van der Waals surface area contributed by atoms with Crippen LogP contribution in [-0.4, -0.2) is 25.0 Å². The Labute approximate surface area is 122 Å². The van der Waals surface area contributed by atoms with Crippen LogP contribution >= 0.6 is 11.6 Å². The van der Waals surface area contributed by atoms with Crippen molar-refractivity contribution in [3.8, 4) is 0 Å². The van der Waals surface area contributed by atoms with Crippen LogP contribution in [0, 0.1) is 0 Å². The molecule has 0 fully saturated rings. The topological polar surface area (TPSA) is 71.2 Å². The number of carbonyl (C=O) groups is 1. The van der Waals surface area contributed by atoms with E-state index in [0.717, 1.165) is 5.69 Å². The van der Waals surface area contributed by atoms with Crippen LogP contribution in [0.15, 0.2) is 36.5 Å². The lowest BCUT2D eigenvalue weighted by Gasteiger charge is -2.17. The number of pyridine rings is 1. The molecule has 0 atom stereocenters. The summed E-state index contributed by atoms with van der Waals surface area (Å²) in [6.07, 6.45) is 1.36. The molecule has 6 heteroatoms. The van der Waals surface area contributed by atoms with Gasteiger partial charge in [0.15, 0.2) is 0 Å². The SMILES string of the molecule is CN(C)c1ccccc1NC(=O)c1cc(N)ncc1Cl. The Balaban J connectivity index is 2.31. The van der Waals surface area contributed by atoms with Crippen LogP contribution in [0.4, 0.5) is 17.2 Å². The van der Waals surface area contributed by atoms with Crippen LogP contribution < -0.4 is 16.0 Å². The summed E-state index contributed by atoms with van der Waals surface area (Å²) in [4.78, 5) is 18.0. The predicted octanol–water partition coefficient (Wildman–Crippen LogP) is 2.64. The van der Waals surface area contributed by atoms with Gasteiger partial charge in [0.1, 0.15) is 5.82 Å². The molecule has 0 saturated carbocycles. The van der Waals surface area contributed by atoms with Gasteiger partial charge in [0, 0.05) is 20.3 Å². The Morgan fingerprint density at radius 1 is 1.35 bits per heavy atom. The zero-order valence-electron chi connectivity index (χ0n) is 11.2. The van der Waals surface area contributed by atoms with E-state index in [1.54, 1.807) is 0 Å². The number of aromatic nitrogens is 1. The maximum absolute atomic E-state index is 12.3. The number of para-hydroxylation sites is 2. The summed E-state index contributed by atoms with van der Waals surface area (Å²) < 4.78 is 0. The van der Waals surface area contributed by atoms with E-state index in [2.05, 4.69) is 10.3 Å². The number of nitrogens with zero attached hydrogens (tertiary/aromatic N) is 2. The number of rotatable bonds is 3. The van der Waals surface area contributed by atoms with Gasteiger partial charge >= 0.3 is 0 Å². The highest BCUT2D eigenvalue weighted by Gasteiger charge is 2.13. The second-order valence-corrected chi connectivity index (χ2v) is 4.86. The molecule has 1 heterocycles. The number of hydrogen-bond donors (Lipinski definition) is 2. The number of nitrogen functional groups attached to an aromatic ring is 1. The Morgan fingerprint density at radius 2 is 2.05 bits per heavy atom. The minimum absolute atomic E-state index is 0.250. The second kappa shape index (κ2) is 5.79. The van der Waals surface area contributed by atoms with Crippen molar-refractivity contribution in [3.63, 3.8) is 0 Å². The Hall–Kier alpha value is -2.27.